The third-order valence-electron chi connectivity index (χ3n) is 3.39. The number of nitrogens with one attached hydrogen (secondary N) is 2. The molecule has 0 aliphatic heterocycles. The first kappa shape index (κ1) is 17.6. The Morgan fingerprint density at radius 1 is 1.12 bits per heavy atom. The lowest BCUT2D eigenvalue weighted by atomic mass is 10.0. The van der Waals surface area contributed by atoms with Crippen LogP contribution in [0.1, 0.15) is 17.2 Å². The van der Waals surface area contributed by atoms with Crippen molar-refractivity contribution in [2.75, 3.05) is 11.9 Å². The van der Waals surface area contributed by atoms with Gasteiger partial charge in [0.15, 0.2) is 0 Å². The van der Waals surface area contributed by atoms with Crippen molar-refractivity contribution in [3.63, 3.8) is 0 Å². The molecular weight excluding hydrogens is 318 g/mol. The van der Waals surface area contributed by atoms with Gasteiger partial charge in [0.05, 0.1) is 11.8 Å². The SMILES string of the molecule is Cc1ccccc1[C@@H](O)CNC(=O)C(=O)Nc1cc(F)ccc1F. The highest BCUT2D eigenvalue weighted by atomic mass is 19.1. The van der Waals surface area contributed by atoms with Gasteiger partial charge in [-0.25, -0.2) is 8.78 Å². The lowest BCUT2D eigenvalue weighted by Gasteiger charge is -2.14. The number of anilines is 1. The minimum absolute atomic E-state index is 0.192. The second kappa shape index (κ2) is 7.65. The molecule has 2 rings (SSSR count). The van der Waals surface area contributed by atoms with Crippen LogP contribution in [0.5, 0.6) is 0 Å². The van der Waals surface area contributed by atoms with E-state index in [0.717, 1.165) is 23.8 Å². The number of aliphatic hydroxyl groups excluding tert-OH is 1. The fraction of sp³-hybridized carbons (Fsp3) is 0.176. The third kappa shape index (κ3) is 4.36. The molecule has 2 aromatic carbocycles. The highest BCUT2D eigenvalue weighted by Gasteiger charge is 2.18. The molecule has 24 heavy (non-hydrogen) atoms. The maximum absolute atomic E-state index is 13.4. The molecule has 5 nitrogen and oxygen atoms in total. The monoisotopic (exact) mass is 334 g/mol. The van der Waals surface area contributed by atoms with Crippen molar-refractivity contribution in [2.45, 2.75) is 13.0 Å². The first-order chi connectivity index (χ1) is 11.4. The Labute approximate surface area is 137 Å². The van der Waals surface area contributed by atoms with Crippen molar-refractivity contribution in [3.8, 4) is 0 Å². The van der Waals surface area contributed by atoms with Crippen LogP contribution in [0.2, 0.25) is 0 Å². The van der Waals surface area contributed by atoms with Crippen molar-refractivity contribution in [1.82, 2.24) is 5.32 Å². The van der Waals surface area contributed by atoms with Gasteiger partial charge < -0.3 is 15.7 Å². The number of amides is 2. The van der Waals surface area contributed by atoms with E-state index in [1.165, 1.54) is 0 Å². The summed E-state index contributed by atoms with van der Waals surface area (Å²) < 4.78 is 26.4. The molecule has 126 valence electrons. The molecule has 0 aromatic heterocycles. The van der Waals surface area contributed by atoms with Gasteiger partial charge in [-0.1, -0.05) is 24.3 Å². The molecule has 2 amide bonds. The summed E-state index contributed by atoms with van der Waals surface area (Å²) >= 11 is 0. The van der Waals surface area contributed by atoms with Crippen LogP contribution in [0.25, 0.3) is 0 Å². The van der Waals surface area contributed by atoms with E-state index < -0.39 is 35.2 Å². The maximum Gasteiger partial charge on any atom is 0.313 e. The summed E-state index contributed by atoms with van der Waals surface area (Å²) in [6, 6.07) is 9.56. The van der Waals surface area contributed by atoms with E-state index in [0.29, 0.717) is 5.56 Å². The van der Waals surface area contributed by atoms with Crippen molar-refractivity contribution >= 4 is 17.5 Å². The van der Waals surface area contributed by atoms with Crippen LogP contribution in [0, 0.1) is 18.6 Å². The average molecular weight is 334 g/mol. The molecule has 3 N–H and O–H groups in total. The molecule has 0 aliphatic rings. The standard InChI is InChI=1S/C17H16F2N2O3/c1-10-4-2-3-5-12(10)15(22)9-20-16(23)17(24)21-14-8-11(18)6-7-13(14)19/h2-8,15,22H,9H2,1H3,(H,20,23)(H,21,24)/t15-/m0/s1. The summed E-state index contributed by atoms with van der Waals surface area (Å²) in [5.41, 5.74) is 1.02. The smallest absolute Gasteiger partial charge is 0.313 e. The Morgan fingerprint density at radius 2 is 1.83 bits per heavy atom. The molecule has 0 bridgehead atoms. The second-order valence-electron chi connectivity index (χ2n) is 5.16. The summed E-state index contributed by atoms with van der Waals surface area (Å²) in [5, 5.41) is 14.3. The summed E-state index contributed by atoms with van der Waals surface area (Å²) in [6.45, 7) is 1.61. The molecule has 0 saturated carbocycles. The topological polar surface area (TPSA) is 78.4 Å². The highest BCUT2D eigenvalue weighted by molar-refractivity contribution is 6.39. The Kier molecular flexibility index (Phi) is 5.59. The molecule has 0 radical (unpaired) electrons. The van der Waals surface area contributed by atoms with Gasteiger partial charge >= 0.3 is 11.8 Å². The first-order valence-electron chi connectivity index (χ1n) is 7.16. The van der Waals surface area contributed by atoms with Crippen LogP contribution in [0.4, 0.5) is 14.5 Å². The molecule has 0 aliphatic carbocycles. The van der Waals surface area contributed by atoms with Crippen LogP contribution in [0.3, 0.4) is 0 Å². The van der Waals surface area contributed by atoms with Gasteiger partial charge in [0.1, 0.15) is 11.6 Å². The van der Waals surface area contributed by atoms with Gasteiger partial charge in [0, 0.05) is 12.6 Å². The van der Waals surface area contributed by atoms with Crippen molar-refractivity contribution < 1.29 is 23.5 Å². The number of rotatable bonds is 4. The molecule has 0 unspecified atom stereocenters. The van der Waals surface area contributed by atoms with Gasteiger partial charge in [-0.2, -0.15) is 0 Å². The second-order valence-corrected chi connectivity index (χ2v) is 5.16. The zero-order valence-electron chi connectivity index (χ0n) is 12.8. The molecule has 1 atom stereocenters. The number of halogens is 2. The zero-order valence-corrected chi connectivity index (χ0v) is 12.8. The van der Waals surface area contributed by atoms with Crippen LogP contribution in [-0.4, -0.2) is 23.5 Å². The van der Waals surface area contributed by atoms with E-state index >= 15 is 0 Å². The van der Waals surface area contributed by atoms with Gasteiger partial charge in [-0.3, -0.25) is 9.59 Å². The number of benzene rings is 2. The van der Waals surface area contributed by atoms with Gasteiger partial charge in [0.25, 0.3) is 0 Å². The maximum atomic E-state index is 13.4. The van der Waals surface area contributed by atoms with E-state index in [9.17, 15) is 23.5 Å². The largest absolute Gasteiger partial charge is 0.387 e. The quantitative estimate of drug-likeness (QED) is 0.749. The number of carbonyl (C=O) groups excluding carboxylic acids is 2. The summed E-state index contributed by atoms with van der Waals surface area (Å²) in [4.78, 5) is 23.4. The van der Waals surface area contributed by atoms with Gasteiger partial charge in [-0.15, -0.1) is 0 Å². The Bertz CT molecular complexity index is 765. The Morgan fingerprint density at radius 3 is 2.54 bits per heavy atom. The molecule has 0 saturated heterocycles. The number of carbonyl (C=O) groups is 2. The highest BCUT2D eigenvalue weighted by Crippen LogP contribution is 2.17. The summed E-state index contributed by atoms with van der Waals surface area (Å²) in [7, 11) is 0. The average Bonchev–Trinajstić information content (AvgIpc) is 2.56. The van der Waals surface area contributed by atoms with Crippen LogP contribution < -0.4 is 10.6 Å². The number of aryl methyl sites for hydroxylation is 1. The van der Waals surface area contributed by atoms with Gasteiger partial charge in [0.2, 0.25) is 0 Å². The summed E-state index contributed by atoms with van der Waals surface area (Å²) in [5.74, 6) is -3.83. The number of aliphatic hydroxyl groups is 1. The summed E-state index contributed by atoms with van der Waals surface area (Å²) in [6.07, 6.45) is -0.992. The van der Waals surface area contributed by atoms with Crippen molar-refractivity contribution in [3.05, 3.63) is 65.2 Å². The normalized spacial score (nSPS) is 11.7. The fourth-order valence-corrected chi connectivity index (χ4v) is 2.11. The predicted molar refractivity (Wildman–Crippen MR) is 84.1 cm³/mol. The van der Waals surface area contributed by atoms with Crippen molar-refractivity contribution in [2.24, 2.45) is 0 Å². The van der Waals surface area contributed by atoms with Crippen LogP contribution in [-0.2, 0) is 9.59 Å². The lowest BCUT2D eigenvalue weighted by molar-refractivity contribution is -0.136. The third-order valence-corrected chi connectivity index (χ3v) is 3.39. The molecule has 2 aromatic rings. The van der Waals surface area contributed by atoms with E-state index in [4.69, 9.17) is 0 Å². The fourth-order valence-electron chi connectivity index (χ4n) is 2.11. The van der Waals surface area contributed by atoms with Crippen LogP contribution in [0.15, 0.2) is 42.5 Å². The van der Waals surface area contributed by atoms with E-state index in [1.54, 1.807) is 25.1 Å². The molecule has 0 heterocycles. The molecular formula is C17H16F2N2O3. The Balaban J connectivity index is 1.93. The van der Waals surface area contributed by atoms with Crippen molar-refractivity contribution in [1.29, 1.82) is 0 Å². The molecule has 7 heteroatoms. The van der Waals surface area contributed by atoms with Crippen LogP contribution >= 0.6 is 0 Å². The number of hydrogen-bond acceptors (Lipinski definition) is 3. The first-order valence-corrected chi connectivity index (χ1v) is 7.16. The Hall–Kier alpha value is -2.80. The van der Waals surface area contributed by atoms with Gasteiger partial charge in [-0.05, 0) is 30.2 Å². The predicted octanol–water partition coefficient (Wildman–Crippen LogP) is 2.06. The van der Waals surface area contributed by atoms with E-state index in [-0.39, 0.29) is 6.54 Å². The molecule has 0 spiro atoms. The molecule has 0 fully saturated rings. The minimum Gasteiger partial charge on any atom is -0.387 e. The van der Waals surface area contributed by atoms with E-state index in [2.05, 4.69) is 5.32 Å². The zero-order chi connectivity index (χ0) is 17.7. The number of hydrogen-bond donors (Lipinski definition) is 3. The van der Waals surface area contributed by atoms with E-state index in [1.807, 2.05) is 11.4 Å². The lowest BCUT2D eigenvalue weighted by Crippen LogP contribution is -2.37. The minimum atomic E-state index is -1.16.